The predicted octanol–water partition coefficient (Wildman–Crippen LogP) is 1.27. The zero-order valence-electron chi connectivity index (χ0n) is 8.08. The molecule has 2 rings (SSSR count). The topological polar surface area (TPSA) is 68.0 Å². The highest BCUT2D eigenvalue weighted by atomic mass is 16.4. The molecule has 1 heterocycles. The number of hydrogen-bond acceptors (Lipinski definition) is 3. The number of aromatic carboxylic acids is 1. The van der Waals surface area contributed by atoms with Gasteiger partial charge in [0.05, 0.1) is 5.56 Å². The lowest BCUT2D eigenvalue weighted by Gasteiger charge is -2.04. The quantitative estimate of drug-likeness (QED) is 0.798. The number of aryl methyl sites for hydroxylation is 1. The molecule has 0 bridgehead atoms. The molecule has 0 amide bonds. The number of nitrogens with zero attached hydrogens (tertiary/aromatic N) is 3. The molecule has 5 heteroatoms. The first-order valence-corrected chi connectivity index (χ1v) is 4.37. The van der Waals surface area contributed by atoms with E-state index in [-0.39, 0.29) is 5.56 Å². The van der Waals surface area contributed by atoms with Crippen LogP contribution >= 0.6 is 0 Å². The van der Waals surface area contributed by atoms with Gasteiger partial charge in [-0.3, -0.25) is 4.57 Å². The van der Waals surface area contributed by atoms with Gasteiger partial charge in [0, 0.05) is 5.69 Å². The normalized spacial score (nSPS) is 10.2. The van der Waals surface area contributed by atoms with Crippen LogP contribution in [0.15, 0.2) is 30.9 Å². The summed E-state index contributed by atoms with van der Waals surface area (Å²) in [5.41, 5.74) is 1.90. The van der Waals surface area contributed by atoms with Gasteiger partial charge >= 0.3 is 5.97 Å². The molecule has 1 aromatic carbocycles. The summed E-state index contributed by atoms with van der Waals surface area (Å²) >= 11 is 0. The summed E-state index contributed by atoms with van der Waals surface area (Å²) in [5.74, 6) is -0.937. The van der Waals surface area contributed by atoms with Crippen LogP contribution in [0.5, 0.6) is 0 Å². The van der Waals surface area contributed by atoms with E-state index >= 15 is 0 Å². The Balaban J connectivity index is 2.54. The maximum atomic E-state index is 10.8. The number of carbonyl (C=O) groups is 1. The van der Waals surface area contributed by atoms with Gasteiger partial charge in [0.2, 0.25) is 0 Å². The Morgan fingerprint density at radius 1 is 1.27 bits per heavy atom. The molecule has 0 atom stereocenters. The van der Waals surface area contributed by atoms with Gasteiger partial charge in [0.25, 0.3) is 0 Å². The van der Waals surface area contributed by atoms with E-state index in [1.165, 1.54) is 12.7 Å². The smallest absolute Gasteiger partial charge is 0.335 e. The fraction of sp³-hybridized carbons (Fsp3) is 0.100. The van der Waals surface area contributed by atoms with E-state index < -0.39 is 5.97 Å². The number of rotatable bonds is 2. The van der Waals surface area contributed by atoms with E-state index in [2.05, 4.69) is 10.2 Å². The average Bonchev–Trinajstić information content (AvgIpc) is 2.69. The minimum atomic E-state index is -0.937. The molecule has 0 fully saturated rings. The Hall–Kier alpha value is -2.17. The summed E-state index contributed by atoms with van der Waals surface area (Å²) in [6.07, 6.45) is 3.06. The molecule has 0 saturated carbocycles. The molecule has 0 aliphatic carbocycles. The minimum Gasteiger partial charge on any atom is -0.478 e. The molecule has 0 aliphatic heterocycles. The van der Waals surface area contributed by atoms with Gasteiger partial charge < -0.3 is 5.11 Å². The first-order valence-electron chi connectivity index (χ1n) is 4.37. The third-order valence-corrected chi connectivity index (χ3v) is 2.03. The van der Waals surface area contributed by atoms with Gasteiger partial charge in [-0.1, -0.05) is 0 Å². The van der Waals surface area contributed by atoms with Gasteiger partial charge in [-0.15, -0.1) is 10.2 Å². The second-order valence-electron chi connectivity index (χ2n) is 3.23. The molecule has 0 unspecified atom stereocenters. The van der Waals surface area contributed by atoms with E-state index in [1.807, 2.05) is 13.0 Å². The SMILES string of the molecule is Cc1cc(C(=O)O)cc(-n2cnnc2)c1. The molecule has 0 radical (unpaired) electrons. The van der Waals surface area contributed by atoms with Crippen molar-refractivity contribution in [2.75, 3.05) is 0 Å². The Bertz CT molecular complexity index is 491. The third kappa shape index (κ3) is 1.85. The summed E-state index contributed by atoms with van der Waals surface area (Å²) in [4.78, 5) is 10.8. The fourth-order valence-corrected chi connectivity index (χ4v) is 1.37. The van der Waals surface area contributed by atoms with Gasteiger partial charge in [-0.05, 0) is 30.7 Å². The maximum absolute atomic E-state index is 10.8. The molecular weight excluding hydrogens is 194 g/mol. The van der Waals surface area contributed by atoms with Gasteiger partial charge in [0.1, 0.15) is 12.7 Å². The molecule has 1 aromatic heterocycles. The second kappa shape index (κ2) is 3.53. The van der Waals surface area contributed by atoms with Crippen LogP contribution in [0.25, 0.3) is 5.69 Å². The first kappa shape index (κ1) is 9.39. The lowest BCUT2D eigenvalue weighted by Crippen LogP contribution is -2.00. The number of carboxylic acid groups (broad SMARTS) is 1. The van der Waals surface area contributed by atoms with E-state index in [4.69, 9.17) is 5.11 Å². The van der Waals surface area contributed by atoms with E-state index in [0.29, 0.717) is 0 Å². The predicted molar refractivity (Wildman–Crippen MR) is 53.1 cm³/mol. The molecule has 5 nitrogen and oxygen atoms in total. The number of aromatic nitrogens is 3. The van der Waals surface area contributed by atoms with Crippen LogP contribution in [-0.4, -0.2) is 25.8 Å². The van der Waals surface area contributed by atoms with Crippen molar-refractivity contribution < 1.29 is 9.90 Å². The molecule has 76 valence electrons. The summed E-state index contributed by atoms with van der Waals surface area (Å²) in [5, 5.41) is 16.2. The summed E-state index contributed by atoms with van der Waals surface area (Å²) in [6, 6.07) is 5.07. The van der Waals surface area contributed by atoms with Gasteiger partial charge in [0.15, 0.2) is 0 Å². The van der Waals surface area contributed by atoms with Crippen molar-refractivity contribution in [3.8, 4) is 5.69 Å². The van der Waals surface area contributed by atoms with Crippen LogP contribution < -0.4 is 0 Å². The lowest BCUT2D eigenvalue weighted by atomic mass is 10.1. The number of hydrogen-bond donors (Lipinski definition) is 1. The highest BCUT2D eigenvalue weighted by Gasteiger charge is 2.06. The molecule has 0 saturated heterocycles. The monoisotopic (exact) mass is 203 g/mol. The zero-order valence-corrected chi connectivity index (χ0v) is 8.08. The third-order valence-electron chi connectivity index (χ3n) is 2.03. The number of benzene rings is 1. The van der Waals surface area contributed by atoms with E-state index in [0.717, 1.165) is 11.3 Å². The number of carboxylic acids is 1. The van der Waals surface area contributed by atoms with Crippen molar-refractivity contribution in [2.24, 2.45) is 0 Å². The molecule has 15 heavy (non-hydrogen) atoms. The summed E-state index contributed by atoms with van der Waals surface area (Å²) in [7, 11) is 0. The van der Waals surface area contributed by atoms with Gasteiger partial charge in [-0.2, -0.15) is 0 Å². The molecular formula is C10H9N3O2. The Morgan fingerprint density at radius 2 is 1.93 bits per heavy atom. The lowest BCUT2D eigenvalue weighted by molar-refractivity contribution is 0.0696. The zero-order chi connectivity index (χ0) is 10.8. The highest BCUT2D eigenvalue weighted by molar-refractivity contribution is 5.88. The Morgan fingerprint density at radius 3 is 2.53 bits per heavy atom. The Kier molecular flexibility index (Phi) is 2.21. The highest BCUT2D eigenvalue weighted by Crippen LogP contribution is 2.13. The van der Waals surface area contributed by atoms with Crippen molar-refractivity contribution in [2.45, 2.75) is 6.92 Å². The van der Waals surface area contributed by atoms with Crippen molar-refractivity contribution in [1.82, 2.24) is 14.8 Å². The van der Waals surface area contributed by atoms with Crippen LogP contribution in [0, 0.1) is 6.92 Å². The standard InChI is InChI=1S/C10H9N3O2/c1-7-2-8(10(14)15)4-9(3-7)13-5-11-12-6-13/h2-6H,1H3,(H,14,15). The van der Waals surface area contributed by atoms with Gasteiger partial charge in [-0.25, -0.2) is 4.79 Å². The average molecular weight is 203 g/mol. The summed E-state index contributed by atoms with van der Waals surface area (Å²) in [6.45, 7) is 1.85. The molecule has 0 aliphatic rings. The minimum absolute atomic E-state index is 0.263. The van der Waals surface area contributed by atoms with Crippen LogP contribution in [0.1, 0.15) is 15.9 Å². The van der Waals surface area contributed by atoms with Crippen molar-refractivity contribution in [1.29, 1.82) is 0 Å². The molecule has 2 aromatic rings. The van der Waals surface area contributed by atoms with E-state index in [9.17, 15) is 4.79 Å². The van der Waals surface area contributed by atoms with Crippen LogP contribution in [-0.2, 0) is 0 Å². The fourth-order valence-electron chi connectivity index (χ4n) is 1.37. The maximum Gasteiger partial charge on any atom is 0.335 e. The summed E-state index contributed by atoms with van der Waals surface area (Å²) < 4.78 is 1.67. The van der Waals surface area contributed by atoms with Crippen LogP contribution in [0.4, 0.5) is 0 Å². The second-order valence-corrected chi connectivity index (χ2v) is 3.23. The van der Waals surface area contributed by atoms with Crippen LogP contribution in [0.2, 0.25) is 0 Å². The molecule has 0 spiro atoms. The van der Waals surface area contributed by atoms with Crippen molar-refractivity contribution in [3.05, 3.63) is 42.0 Å². The Labute approximate surface area is 86.0 Å². The van der Waals surface area contributed by atoms with Crippen LogP contribution in [0.3, 0.4) is 0 Å². The largest absolute Gasteiger partial charge is 0.478 e. The first-order chi connectivity index (χ1) is 7.16. The van der Waals surface area contributed by atoms with Crippen molar-refractivity contribution in [3.63, 3.8) is 0 Å². The molecule has 1 N–H and O–H groups in total. The van der Waals surface area contributed by atoms with Crippen molar-refractivity contribution >= 4 is 5.97 Å². The van der Waals surface area contributed by atoms with E-state index in [1.54, 1.807) is 16.7 Å².